The Balaban J connectivity index is 1.97. The first-order valence-electron chi connectivity index (χ1n) is 5.78. The van der Waals surface area contributed by atoms with Crippen molar-refractivity contribution in [3.8, 4) is 0 Å². The molecule has 0 atom stereocenters. The van der Waals surface area contributed by atoms with Crippen molar-refractivity contribution in [1.82, 2.24) is 5.32 Å². The van der Waals surface area contributed by atoms with Crippen molar-refractivity contribution in [2.24, 2.45) is 5.92 Å². The highest BCUT2D eigenvalue weighted by Crippen LogP contribution is 2.28. The smallest absolute Gasteiger partial charge is 0.306 e. The van der Waals surface area contributed by atoms with Crippen LogP contribution >= 0.6 is 22.6 Å². The van der Waals surface area contributed by atoms with Gasteiger partial charge in [0.05, 0.1) is 11.5 Å². The van der Waals surface area contributed by atoms with Gasteiger partial charge in [-0.2, -0.15) is 0 Å². The topological polar surface area (TPSA) is 66.4 Å². The van der Waals surface area contributed by atoms with Crippen LogP contribution in [0.4, 0.5) is 0 Å². The molecule has 2 rings (SSSR count). The van der Waals surface area contributed by atoms with E-state index in [-0.39, 0.29) is 17.9 Å². The summed E-state index contributed by atoms with van der Waals surface area (Å²) in [7, 11) is 0. The summed E-state index contributed by atoms with van der Waals surface area (Å²) in [6.45, 7) is 1.96. The summed E-state index contributed by atoms with van der Waals surface area (Å²) in [4.78, 5) is 22.7. The summed E-state index contributed by atoms with van der Waals surface area (Å²) < 4.78 is 0.946. The van der Waals surface area contributed by atoms with Gasteiger partial charge in [0.25, 0.3) is 5.91 Å². The zero-order chi connectivity index (χ0) is 13.3. The summed E-state index contributed by atoms with van der Waals surface area (Å²) in [6, 6.07) is 5.60. The number of aliphatic carboxylic acids is 1. The van der Waals surface area contributed by atoms with Gasteiger partial charge in [-0.05, 0) is 54.0 Å². The van der Waals surface area contributed by atoms with E-state index in [4.69, 9.17) is 5.11 Å². The number of amides is 1. The molecule has 1 saturated carbocycles. The predicted octanol–water partition coefficient (Wildman–Crippen LogP) is 2.19. The lowest BCUT2D eigenvalue weighted by molar-refractivity contribution is -0.145. The van der Waals surface area contributed by atoms with E-state index in [1.807, 2.05) is 19.1 Å². The van der Waals surface area contributed by atoms with Gasteiger partial charge in [0, 0.05) is 9.61 Å². The molecule has 0 bridgehead atoms. The number of rotatable bonds is 3. The minimum Gasteiger partial charge on any atom is -0.481 e. The maximum Gasteiger partial charge on any atom is 0.306 e. The van der Waals surface area contributed by atoms with E-state index in [0.717, 1.165) is 9.13 Å². The Bertz CT molecular complexity index is 495. The zero-order valence-corrected chi connectivity index (χ0v) is 12.1. The number of halogens is 1. The molecule has 1 aromatic rings. The van der Waals surface area contributed by atoms with Crippen LogP contribution in [0.25, 0.3) is 0 Å². The number of aryl methyl sites for hydroxylation is 1. The maximum atomic E-state index is 12.0. The maximum absolute atomic E-state index is 12.0. The normalized spacial score (nSPS) is 22.1. The van der Waals surface area contributed by atoms with E-state index in [1.165, 1.54) is 0 Å². The fraction of sp³-hybridized carbons (Fsp3) is 0.385. The van der Waals surface area contributed by atoms with Crippen LogP contribution in [-0.2, 0) is 4.79 Å². The molecule has 1 aromatic carbocycles. The average Bonchev–Trinajstić information content (AvgIpc) is 2.25. The molecule has 2 N–H and O–H groups in total. The molecule has 0 radical (unpaired) electrons. The summed E-state index contributed by atoms with van der Waals surface area (Å²) >= 11 is 2.16. The Morgan fingerprint density at radius 1 is 1.39 bits per heavy atom. The van der Waals surface area contributed by atoms with Crippen molar-refractivity contribution in [2.75, 3.05) is 0 Å². The van der Waals surface area contributed by atoms with Crippen LogP contribution < -0.4 is 5.32 Å². The van der Waals surface area contributed by atoms with E-state index in [2.05, 4.69) is 27.9 Å². The van der Waals surface area contributed by atoms with Crippen molar-refractivity contribution in [2.45, 2.75) is 25.8 Å². The second-order valence-electron chi connectivity index (χ2n) is 4.61. The van der Waals surface area contributed by atoms with Crippen LogP contribution in [-0.4, -0.2) is 23.0 Å². The zero-order valence-electron chi connectivity index (χ0n) is 9.94. The van der Waals surface area contributed by atoms with Gasteiger partial charge in [-0.3, -0.25) is 9.59 Å². The molecule has 1 aliphatic carbocycles. The Kier molecular flexibility index (Phi) is 3.89. The second-order valence-corrected chi connectivity index (χ2v) is 5.69. The summed E-state index contributed by atoms with van der Waals surface area (Å²) in [5, 5.41) is 11.6. The van der Waals surface area contributed by atoms with Crippen LogP contribution in [0.2, 0.25) is 0 Å². The van der Waals surface area contributed by atoms with E-state index in [0.29, 0.717) is 18.4 Å². The molecule has 0 saturated heterocycles. The Hall–Kier alpha value is -1.11. The highest BCUT2D eigenvalue weighted by atomic mass is 127. The number of nitrogens with one attached hydrogen (secondary N) is 1. The monoisotopic (exact) mass is 359 g/mol. The molecule has 0 aliphatic heterocycles. The molecular weight excluding hydrogens is 345 g/mol. The largest absolute Gasteiger partial charge is 0.481 e. The molecule has 1 amide bonds. The number of carboxylic acid groups (broad SMARTS) is 1. The molecule has 18 heavy (non-hydrogen) atoms. The van der Waals surface area contributed by atoms with Gasteiger partial charge < -0.3 is 10.4 Å². The van der Waals surface area contributed by atoms with E-state index in [9.17, 15) is 9.59 Å². The molecule has 1 aliphatic rings. The quantitative estimate of drug-likeness (QED) is 0.814. The molecule has 0 aromatic heterocycles. The predicted molar refractivity (Wildman–Crippen MR) is 75.5 cm³/mol. The molecule has 4 nitrogen and oxygen atoms in total. The molecule has 0 spiro atoms. The Morgan fingerprint density at radius 2 is 2.06 bits per heavy atom. The fourth-order valence-electron chi connectivity index (χ4n) is 2.02. The average molecular weight is 359 g/mol. The van der Waals surface area contributed by atoms with Crippen LogP contribution in [0.1, 0.15) is 28.8 Å². The molecule has 96 valence electrons. The van der Waals surface area contributed by atoms with Gasteiger partial charge in [-0.15, -0.1) is 0 Å². The molecule has 0 unspecified atom stereocenters. The lowest BCUT2D eigenvalue weighted by Crippen LogP contribution is -2.46. The number of carbonyl (C=O) groups is 2. The van der Waals surface area contributed by atoms with Crippen molar-refractivity contribution in [3.63, 3.8) is 0 Å². The summed E-state index contributed by atoms with van der Waals surface area (Å²) in [5.41, 5.74) is 1.73. The third kappa shape index (κ3) is 2.66. The van der Waals surface area contributed by atoms with Crippen molar-refractivity contribution in [1.29, 1.82) is 0 Å². The third-order valence-corrected chi connectivity index (χ3v) is 4.69. The molecule has 1 fully saturated rings. The number of carboxylic acids is 1. The number of hydrogen-bond acceptors (Lipinski definition) is 2. The van der Waals surface area contributed by atoms with Crippen LogP contribution in [0.15, 0.2) is 18.2 Å². The van der Waals surface area contributed by atoms with E-state index in [1.54, 1.807) is 6.07 Å². The van der Waals surface area contributed by atoms with Gasteiger partial charge in [0.2, 0.25) is 0 Å². The van der Waals surface area contributed by atoms with Gasteiger partial charge in [-0.1, -0.05) is 12.1 Å². The van der Waals surface area contributed by atoms with E-state index >= 15 is 0 Å². The van der Waals surface area contributed by atoms with Gasteiger partial charge in [0.15, 0.2) is 0 Å². The summed E-state index contributed by atoms with van der Waals surface area (Å²) in [5.74, 6) is -1.19. The van der Waals surface area contributed by atoms with Crippen molar-refractivity contribution in [3.05, 3.63) is 32.9 Å². The standard InChI is InChI=1S/C13H14INO3/c1-7-3-2-4-10(11(7)14)12(16)15-9-5-8(6-9)13(17)18/h2-4,8-9H,5-6H2,1H3,(H,15,16)(H,17,18). The van der Waals surface area contributed by atoms with Crippen LogP contribution in [0.3, 0.4) is 0 Å². The van der Waals surface area contributed by atoms with Crippen LogP contribution in [0, 0.1) is 16.4 Å². The SMILES string of the molecule is Cc1cccc(C(=O)NC2CC(C(=O)O)C2)c1I. The van der Waals surface area contributed by atoms with Crippen molar-refractivity contribution < 1.29 is 14.7 Å². The number of carbonyl (C=O) groups excluding carboxylic acids is 1. The number of benzene rings is 1. The lowest BCUT2D eigenvalue weighted by atomic mass is 9.80. The van der Waals surface area contributed by atoms with Gasteiger partial charge in [-0.25, -0.2) is 0 Å². The first-order chi connectivity index (χ1) is 8.49. The first kappa shape index (κ1) is 13.3. The minimum absolute atomic E-state index is 0.00471. The first-order valence-corrected chi connectivity index (χ1v) is 6.85. The second kappa shape index (κ2) is 5.26. The van der Waals surface area contributed by atoms with Gasteiger partial charge >= 0.3 is 5.97 Å². The third-order valence-electron chi connectivity index (χ3n) is 3.26. The van der Waals surface area contributed by atoms with E-state index < -0.39 is 5.97 Å². The fourth-order valence-corrected chi connectivity index (χ4v) is 2.63. The van der Waals surface area contributed by atoms with Crippen LogP contribution in [0.5, 0.6) is 0 Å². The summed E-state index contributed by atoms with van der Waals surface area (Å²) in [6.07, 6.45) is 1.06. The molecule has 0 heterocycles. The minimum atomic E-state index is -0.773. The lowest BCUT2D eigenvalue weighted by Gasteiger charge is -2.32. The highest BCUT2D eigenvalue weighted by Gasteiger charge is 2.35. The Morgan fingerprint density at radius 3 is 2.67 bits per heavy atom. The highest BCUT2D eigenvalue weighted by molar-refractivity contribution is 14.1. The molecule has 5 heteroatoms. The van der Waals surface area contributed by atoms with Crippen molar-refractivity contribution >= 4 is 34.5 Å². The van der Waals surface area contributed by atoms with Gasteiger partial charge in [0.1, 0.15) is 0 Å². The molecular formula is C13H14INO3. The Labute approximate surface area is 119 Å². The number of hydrogen-bond donors (Lipinski definition) is 2.